The van der Waals surface area contributed by atoms with Crippen molar-refractivity contribution in [3.63, 3.8) is 0 Å². The third-order valence-electron chi connectivity index (χ3n) is 14.5. The summed E-state index contributed by atoms with van der Waals surface area (Å²) >= 11 is 3.07. The predicted molar refractivity (Wildman–Crippen MR) is 50.5 cm³/mol. The summed E-state index contributed by atoms with van der Waals surface area (Å²) in [6, 6.07) is 0. The Kier molecular flexibility index (Phi) is 0.0859. The summed E-state index contributed by atoms with van der Waals surface area (Å²) in [7, 11) is -2.72. The fourth-order valence-electron chi connectivity index (χ4n) is 15.9. The molecular formula is C10H9IRu. The van der Waals surface area contributed by atoms with Gasteiger partial charge in [-0.3, -0.25) is 0 Å². The van der Waals surface area contributed by atoms with Crippen LogP contribution >= 0.6 is 22.6 Å². The van der Waals surface area contributed by atoms with Gasteiger partial charge in [0.1, 0.15) is 0 Å². The Hall–Kier alpha value is 1.35. The van der Waals surface area contributed by atoms with Crippen LogP contribution in [0, 0.1) is 0 Å². The minimum absolute atomic E-state index is 1.18. The molecule has 10 aliphatic rings. The van der Waals surface area contributed by atoms with Crippen LogP contribution in [-0.2, 0) is 7.72 Å². The first-order chi connectivity index (χ1) is 5.55. The van der Waals surface area contributed by atoms with E-state index in [2.05, 4.69) is 22.6 Å². The van der Waals surface area contributed by atoms with Gasteiger partial charge in [-0.15, -0.1) is 0 Å². The van der Waals surface area contributed by atoms with Crippen LogP contribution in [0.25, 0.3) is 0 Å². The summed E-state index contributed by atoms with van der Waals surface area (Å²) in [4.78, 5) is 0. The third-order valence-corrected chi connectivity index (χ3v) is 95.1. The molecule has 10 aliphatic heterocycles. The molecule has 4 unspecified atom stereocenters. The van der Waals surface area contributed by atoms with Crippen LogP contribution in [-0.4, -0.2) is 2.02 Å². The first-order valence-corrected chi connectivity index (χ1v) is 16.4. The zero-order chi connectivity index (χ0) is 7.01. The van der Waals surface area contributed by atoms with Crippen LogP contribution in [0.4, 0.5) is 0 Å². The van der Waals surface area contributed by atoms with Crippen molar-refractivity contribution >= 4 is 22.6 Å². The van der Waals surface area contributed by atoms with Crippen molar-refractivity contribution < 1.29 is 7.72 Å². The number of alkyl halides is 1. The molecule has 4 atom stereocenters. The van der Waals surface area contributed by atoms with Gasteiger partial charge in [0.2, 0.25) is 0 Å². The van der Waals surface area contributed by atoms with Crippen LogP contribution in [0.15, 0.2) is 0 Å². The summed E-state index contributed by atoms with van der Waals surface area (Å²) in [5, 5.41) is 0. The molecule has 0 nitrogen and oxygen atoms in total. The molecule has 0 aromatic rings. The molecule has 10 saturated heterocycles. The molecule has 12 heavy (non-hydrogen) atoms. The summed E-state index contributed by atoms with van der Waals surface area (Å²) in [6.45, 7) is 0. The normalized spacial score (nSPS) is 164. The molecule has 10 rings (SSSR count). The second kappa shape index (κ2) is 0.253. The molecule has 0 bridgehead atoms. The number of halogens is 1. The van der Waals surface area contributed by atoms with Gasteiger partial charge in [0.15, 0.2) is 0 Å². The van der Waals surface area contributed by atoms with E-state index in [-0.39, 0.29) is 0 Å². The molecule has 10 heterocycles. The van der Waals surface area contributed by atoms with E-state index >= 15 is 0 Å². The molecule has 0 aromatic carbocycles. The summed E-state index contributed by atoms with van der Waals surface area (Å²) in [5.74, 6) is 0. The van der Waals surface area contributed by atoms with Gasteiger partial charge in [-0.05, 0) is 0 Å². The van der Waals surface area contributed by atoms with Crippen molar-refractivity contribution in [2.45, 2.75) is 42.6 Å². The van der Waals surface area contributed by atoms with E-state index in [0.717, 1.165) is 0 Å². The maximum absolute atomic E-state index is 3.07. The number of fused-ring (bicyclic) bond motifs is 10. The molecule has 64 valence electrons. The van der Waals surface area contributed by atoms with Crippen LogP contribution in [0.3, 0.4) is 0 Å². The standard InChI is InChI=1S/C5H4I.C5H5.Ru/c6-5-3-1-2-4-5;1-2-4-5-3-1;/h1-4H;1-5H;. The molecule has 0 N–H and O–H groups in total. The monoisotopic (exact) mass is 358 g/mol. The topological polar surface area (TPSA) is 0 Å². The van der Waals surface area contributed by atoms with E-state index in [1.165, 1.54) is 2.02 Å². The average Bonchev–Trinajstić information content (AvgIpc) is 2.97. The van der Waals surface area contributed by atoms with Gasteiger partial charge >= 0.3 is 72.9 Å². The van der Waals surface area contributed by atoms with E-state index < -0.39 is 7.72 Å². The molecular weight excluding hydrogens is 348 g/mol. The average molecular weight is 357 g/mol. The fraction of sp³-hybridized carbons (Fsp3) is 1.00. The van der Waals surface area contributed by atoms with Crippen LogP contribution in [0.1, 0.15) is 0 Å². The Morgan fingerprint density at radius 3 is 1.17 bits per heavy atom. The summed E-state index contributed by atoms with van der Waals surface area (Å²) in [5.41, 5.74) is 0. The van der Waals surface area contributed by atoms with Gasteiger partial charge < -0.3 is 0 Å². The van der Waals surface area contributed by atoms with Crippen molar-refractivity contribution in [1.29, 1.82) is 0 Å². The zero-order valence-electron chi connectivity index (χ0n) is 6.43. The van der Waals surface area contributed by atoms with Crippen molar-refractivity contribution in [3.05, 3.63) is 0 Å². The Morgan fingerprint density at radius 2 is 1.17 bits per heavy atom. The Bertz CT molecular complexity index is 755. The molecule has 1 spiro atoms. The van der Waals surface area contributed by atoms with E-state index in [1.807, 2.05) is 0 Å². The van der Waals surface area contributed by atoms with Crippen molar-refractivity contribution in [3.8, 4) is 0 Å². The van der Waals surface area contributed by atoms with Crippen LogP contribution in [0.2, 0.25) is 40.6 Å². The quantitative estimate of drug-likeness (QED) is 0.352. The molecule has 2 heteroatoms. The second-order valence-electron chi connectivity index (χ2n) is 9.59. The van der Waals surface area contributed by atoms with Gasteiger partial charge in [-0.1, -0.05) is 0 Å². The predicted octanol–water partition coefficient (Wildman–Crippen LogP) is 3.72. The first kappa shape index (κ1) is 4.08. The number of rotatable bonds is 0. The number of hydrogen-bond acceptors (Lipinski definition) is 0. The first-order valence-electron chi connectivity index (χ1n) is 5.45. The van der Waals surface area contributed by atoms with Crippen molar-refractivity contribution in [1.82, 2.24) is 0 Å². The van der Waals surface area contributed by atoms with Gasteiger partial charge in [-0.2, -0.15) is 0 Å². The van der Waals surface area contributed by atoms with E-state index in [0.29, 0.717) is 0 Å². The molecule has 10 fully saturated rings. The number of hydrogen-bond donors (Lipinski definition) is 0. The van der Waals surface area contributed by atoms with Crippen molar-refractivity contribution in [2.24, 2.45) is 0 Å². The molecule has 0 radical (unpaired) electrons. The third kappa shape index (κ3) is 0.0265. The van der Waals surface area contributed by atoms with Crippen LogP contribution < -0.4 is 0 Å². The Morgan fingerprint density at radius 1 is 0.750 bits per heavy atom. The SMILES string of the molecule is I[C]12[CH]3[CH]4[CH]5[CH]1[Ru]45321678[CH]2[CH]1[CH]6[CH]7[CH]28. The molecule has 0 aliphatic carbocycles. The maximum atomic E-state index is 3.07. The summed E-state index contributed by atoms with van der Waals surface area (Å²) in [6.07, 6.45) is 0. The fourth-order valence-corrected chi connectivity index (χ4v) is 172. The molecule has 0 aromatic heterocycles. The van der Waals surface area contributed by atoms with E-state index in [4.69, 9.17) is 0 Å². The second-order valence-corrected chi connectivity index (χ2v) is 50.1. The van der Waals surface area contributed by atoms with Gasteiger partial charge in [0.05, 0.1) is 0 Å². The summed E-state index contributed by atoms with van der Waals surface area (Å²) < 4.78 is 15.3. The zero-order valence-corrected chi connectivity index (χ0v) is 10.3. The molecule has 0 amide bonds. The Balaban J connectivity index is 2.31. The Labute approximate surface area is 72.3 Å². The van der Waals surface area contributed by atoms with Crippen molar-refractivity contribution in [2.75, 3.05) is 0 Å². The van der Waals surface area contributed by atoms with Gasteiger partial charge in [-0.25, -0.2) is 0 Å². The van der Waals surface area contributed by atoms with Crippen LogP contribution in [0.5, 0.6) is 0 Å². The minimum atomic E-state index is -2.72. The van der Waals surface area contributed by atoms with E-state index in [9.17, 15) is 0 Å². The van der Waals surface area contributed by atoms with Gasteiger partial charge in [0, 0.05) is 0 Å². The van der Waals surface area contributed by atoms with E-state index in [1.54, 1.807) is 40.6 Å². The van der Waals surface area contributed by atoms with Gasteiger partial charge in [0.25, 0.3) is 0 Å². The molecule has 0 saturated carbocycles.